The SMILES string of the molecule is O=C(Nc1ccc(Cl)cc1)[C@H]1CC(=O)N(Cc2ccccc2)C1. The van der Waals surface area contributed by atoms with Crippen LogP contribution in [-0.2, 0) is 16.1 Å². The summed E-state index contributed by atoms with van der Waals surface area (Å²) in [6.07, 6.45) is 0.256. The molecular formula is C18H17ClN2O2. The monoisotopic (exact) mass is 328 g/mol. The number of hydrogen-bond donors (Lipinski definition) is 1. The summed E-state index contributed by atoms with van der Waals surface area (Å²) >= 11 is 5.83. The summed E-state index contributed by atoms with van der Waals surface area (Å²) in [5.41, 5.74) is 1.76. The molecule has 3 rings (SSSR count). The van der Waals surface area contributed by atoms with E-state index >= 15 is 0 Å². The molecule has 0 unspecified atom stereocenters. The molecule has 2 aromatic rings. The molecule has 4 nitrogen and oxygen atoms in total. The highest BCUT2D eigenvalue weighted by Crippen LogP contribution is 2.22. The van der Waals surface area contributed by atoms with E-state index in [1.807, 2.05) is 30.3 Å². The number of nitrogens with zero attached hydrogens (tertiary/aromatic N) is 1. The first-order valence-corrected chi connectivity index (χ1v) is 7.88. The summed E-state index contributed by atoms with van der Waals surface area (Å²) in [5.74, 6) is -0.428. The van der Waals surface area contributed by atoms with Gasteiger partial charge in [-0.15, -0.1) is 0 Å². The molecule has 0 spiro atoms. The number of amides is 2. The van der Waals surface area contributed by atoms with Gasteiger partial charge in [0.1, 0.15) is 0 Å². The summed E-state index contributed by atoms with van der Waals surface area (Å²) in [6.45, 7) is 0.998. The fraction of sp³-hybridized carbons (Fsp3) is 0.222. The van der Waals surface area contributed by atoms with Crippen molar-refractivity contribution in [2.24, 2.45) is 5.92 Å². The van der Waals surface area contributed by atoms with Gasteiger partial charge in [-0.05, 0) is 29.8 Å². The number of likely N-dealkylation sites (tertiary alicyclic amines) is 1. The number of nitrogens with one attached hydrogen (secondary N) is 1. The molecule has 1 fully saturated rings. The fourth-order valence-electron chi connectivity index (χ4n) is 2.68. The zero-order chi connectivity index (χ0) is 16.2. The Morgan fingerprint density at radius 2 is 1.83 bits per heavy atom. The van der Waals surface area contributed by atoms with Crippen molar-refractivity contribution in [3.05, 3.63) is 65.2 Å². The third-order valence-corrected chi connectivity index (χ3v) is 4.17. The standard InChI is InChI=1S/C18H17ClN2O2/c19-15-6-8-16(9-7-15)20-18(23)14-10-17(22)21(12-14)11-13-4-2-1-3-5-13/h1-9,14H,10-12H2,(H,20,23)/t14-/m0/s1. The van der Waals surface area contributed by atoms with Crippen LogP contribution in [0.3, 0.4) is 0 Å². The van der Waals surface area contributed by atoms with Gasteiger partial charge in [-0.1, -0.05) is 41.9 Å². The van der Waals surface area contributed by atoms with Gasteiger partial charge in [0, 0.05) is 30.2 Å². The molecular weight excluding hydrogens is 312 g/mol. The smallest absolute Gasteiger partial charge is 0.229 e. The van der Waals surface area contributed by atoms with E-state index in [1.54, 1.807) is 29.2 Å². The molecule has 1 atom stereocenters. The molecule has 1 aliphatic rings. The Balaban J connectivity index is 1.60. The van der Waals surface area contributed by atoms with Crippen molar-refractivity contribution in [2.75, 3.05) is 11.9 Å². The summed E-state index contributed by atoms with van der Waals surface area (Å²) in [4.78, 5) is 26.2. The van der Waals surface area contributed by atoms with Crippen molar-refractivity contribution in [1.82, 2.24) is 4.90 Å². The summed E-state index contributed by atoms with van der Waals surface area (Å²) in [7, 11) is 0. The summed E-state index contributed by atoms with van der Waals surface area (Å²) in [6, 6.07) is 16.7. The Bertz CT molecular complexity index is 701. The van der Waals surface area contributed by atoms with Gasteiger partial charge < -0.3 is 10.2 Å². The first-order valence-electron chi connectivity index (χ1n) is 7.50. The normalized spacial score (nSPS) is 17.3. The van der Waals surface area contributed by atoms with E-state index in [0.29, 0.717) is 23.8 Å². The lowest BCUT2D eigenvalue weighted by Crippen LogP contribution is -2.28. The van der Waals surface area contributed by atoms with Crippen LogP contribution in [0.15, 0.2) is 54.6 Å². The maximum atomic E-state index is 12.3. The van der Waals surface area contributed by atoms with E-state index in [-0.39, 0.29) is 24.2 Å². The quantitative estimate of drug-likeness (QED) is 0.936. The minimum absolute atomic E-state index is 0.0186. The number of rotatable bonds is 4. The number of halogens is 1. The van der Waals surface area contributed by atoms with Gasteiger partial charge in [0.15, 0.2) is 0 Å². The van der Waals surface area contributed by atoms with Crippen molar-refractivity contribution in [2.45, 2.75) is 13.0 Å². The average molecular weight is 329 g/mol. The molecule has 1 saturated heterocycles. The highest BCUT2D eigenvalue weighted by molar-refractivity contribution is 6.30. The number of carbonyl (C=O) groups excluding carboxylic acids is 2. The number of anilines is 1. The molecule has 2 amide bonds. The van der Waals surface area contributed by atoms with Crippen molar-refractivity contribution in [1.29, 1.82) is 0 Å². The zero-order valence-electron chi connectivity index (χ0n) is 12.5. The Kier molecular flexibility index (Phi) is 4.63. The molecule has 2 aromatic carbocycles. The maximum absolute atomic E-state index is 12.3. The average Bonchev–Trinajstić information content (AvgIpc) is 2.92. The highest BCUT2D eigenvalue weighted by Gasteiger charge is 2.34. The molecule has 0 saturated carbocycles. The van der Waals surface area contributed by atoms with Crippen molar-refractivity contribution in [3.63, 3.8) is 0 Å². The van der Waals surface area contributed by atoms with Crippen LogP contribution >= 0.6 is 11.6 Å². The van der Waals surface area contributed by atoms with Crippen LogP contribution in [0.2, 0.25) is 5.02 Å². The van der Waals surface area contributed by atoms with E-state index in [2.05, 4.69) is 5.32 Å². The molecule has 1 heterocycles. The Labute approximate surface area is 140 Å². The van der Waals surface area contributed by atoms with Crippen molar-refractivity contribution < 1.29 is 9.59 Å². The van der Waals surface area contributed by atoms with Crippen molar-refractivity contribution in [3.8, 4) is 0 Å². The molecule has 0 aliphatic carbocycles. The van der Waals surface area contributed by atoms with E-state index in [0.717, 1.165) is 5.56 Å². The molecule has 0 bridgehead atoms. The molecule has 0 aromatic heterocycles. The third kappa shape index (κ3) is 3.90. The summed E-state index contributed by atoms with van der Waals surface area (Å²) < 4.78 is 0. The van der Waals surface area contributed by atoms with Crippen LogP contribution in [0, 0.1) is 5.92 Å². The first kappa shape index (κ1) is 15.6. The molecule has 5 heteroatoms. The number of carbonyl (C=O) groups is 2. The van der Waals surface area contributed by atoms with Gasteiger partial charge in [-0.3, -0.25) is 9.59 Å². The molecule has 23 heavy (non-hydrogen) atoms. The van der Waals surface area contributed by atoms with Gasteiger partial charge in [-0.2, -0.15) is 0 Å². The first-order chi connectivity index (χ1) is 11.1. The number of benzene rings is 2. The molecule has 1 N–H and O–H groups in total. The van der Waals surface area contributed by atoms with Crippen LogP contribution in [0.5, 0.6) is 0 Å². The van der Waals surface area contributed by atoms with Crippen LogP contribution in [-0.4, -0.2) is 23.3 Å². The van der Waals surface area contributed by atoms with Gasteiger partial charge in [0.2, 0.25) is 11.8 Å². The Morgan fingerprint density at radius 1 is 1.13 bits per heavy atom. The lowest BCUT2D eigenvalue weighted by molar-refractivity contribution is -0.128. The van der Waals surface area contributed by atoms with Crippen LogP contribution in [0.4, 0.5) is 5.69 Å². The number of hydrogen-bond acceptors (Lipinski definition) is 2. The zero-order valence-corrected chi connectivity index (χ0v) is 13.3. The highest BCUT2D eigenvalue weighted by atomic mass is 35.5. The third-order valence-electron chi connectivity index (χ3n) is 3.91. The van der Waals surface area contributed by atoms with Crippen molar-refractivity contribution >= 4 is 29.1 Å². The minimum Gasteiger partial charge on any atom is -0.338 e. The van der Waals surface area contributed by atoms with Crippen LogP contribution in [0.1, 0.15) is 12.0 Å². The molecule has 0 radical (unpaired) electrons. The largest absolute Gasteiger partial charge is 0.338 e. The van der Waals surface area contributed by atoms with Gasteiger partial charge in [0.25, 0.3) is 0 Å². The second-order valence-corrected chi connectivity index (χ2v) is 6.09. The lowest BCUT2D eigenvalue weighted by atomic mass is 10.1. The Morgan fingerprint density at radius 3 is 2.52 bits per heavy atom. The van der Waals surface area contributed by atoms with E-state index in [9.17, 15) is 9.59 Å². The van der Waals surface area contributed by atoms with Crippen LogP contribution in [0.25, 0.3) is 0 Å². The van der Waals surface area contributed by atoms with Gasteiger partial charge in [-0.25, -0.2) is 0 Å². The van der Waals surface area contributed by atoms with Crippen LogP contribution < -0.4 is 5.32 Å². The van der Waals surface area contributed by atoms with E-state index < -0.39 is 0 Å². The fourth-order valence-corrected chi connectivity index (χ4v) is 2.81. The predicted molar refractivity (Wildman–Crippen MR) is 90.0 cm³/mol. The van der Waals surface area contributed by atoms with E-state index in [1.165, 1.54) is 0 Å². The second kappa shape index (κ2) is 6.84. The lowest BCUT2D eigenvalue weighted by Gasteiger charge is -2.16. The minimum atomic E-state index is -0.318. The van der Waals surface area contributed by atoms with Gasteiger partial charge in [0.05, 0.1) is 5.92 Å². The maximum Gasteiger partial charge on any atom is 0.229 e. The Hall–Kier alpha value is -2.33. The second-order valence-electron chi connectivity index (χ2n) is 5.66. The van der Waals surface area contributed by atoms with Gasteiger partial charge >= 0.3 is 0 Å². The predicted octanol–water partition coefficient (Wildman–Crippen LogP) is 3.33. The molecule has 1 aliphatic heterocycles. The van der Waals surface area contributed by atoms with E-state index in [4.69, 9.17) is 11.6 Å². The topological polar surface area (TPSA) is 49.4 Å². The molecule has 118 valence electrons. The summed E-state index contributed by atoms with van der Waals surface area (Å²) in [5, 5.41) is 3.46.